The van der Waals surface area contributed by atoms with Gasteiger partial charge in [-0.25, -0.2) is 0 Å². The Kier molecular flexibility index (Phi) is 7.72. The maximum atomic E-state index is 3.85. The lowest BCUT2D eigenvalue weighted by Crippen LogP contribution is -2.41. The molecule has 0 saturated heterocycles. The molecular formula is C14H28BrN. The molecule has 16 heavy (non-hydrogen) atoms. The standard InChI is InChI=1S/C14H28BrN/c1-3-4-5-6-9-12-16(2)14-11-8-7-10-13(14)15/h13-14H,3-12H2,1-2H3. The van der Waals surface area contributed by atoms with Gasteiger partial charge in [-0.3, -0.25) is 0 Å². The van der Waals surface area contributed by atoms with Gasteiger partial charge in [0.15, 0.2) is 0 Å². The minimum absolute atomic E-state index is 0.738. The highest BCUT2D eigenvalue weighted by Crippen LogP contribution is 2.27. The number of hydrogen-bond donors (Lipinski definition) is 0. The van der Waals surface area contributed by atoms with Gasteiger partial charge in [0.25, 0.3) is 0 Å². The molecule has 2 heteroatoms. The van der Waals surface area contributed by atoms with Gasteiger partial charge in [-0.2, -0.15) is 0 Å². The van der Waals surface area contributed by atoms with Crippen molar-refractivity contribution < 1.29 is 0 Å². The molecule has 1 rings (SSSR count). The first kappa shape index (κ1) is 14.5. The van der Waals surface area contributed by atoms with Crippen molar-refractivity contribution in [3.63, 3.8) is 0 Å². The lowest BCUT2D eigenvalue weighted by molar-refractivity contribution is 0.196. The molecule has 96 valence electrons. The molecule has 0 aromatic heterocycles. The smallest absolute Gasteiger partial charge is 0.0301 e. The van der Waals surface area contributed by atoms with Crippen molar-refractivity contribution in [3.8, 4) is 0 Å². The SMILES string of the molecule is CCCCCCCN(C)C1CCCCC1Br. The second kappa shape index (κ2) is 8.52. The summed E-state index contributed by atoms with van der Waals surface area (Å²) in [4.78, 5) is 3.33. The number of halogens is 1. The predicted molar refractivity (Wildman–Crippen MR) is 76.4 cm³/mol. The van der Waals surface area contributed by atoms with Gasteiger partial charge in [0.2, 0.25) is 0 Å². The number of unbranched alkanes of at least 4 members (excludes halogenated alkanes) is 4. The van der Waals surface area contributed by atoms with Crippen molar-refractivity contribution >= 4 is 15.9 Å². The maximum absolute atomic E-state index is 3.85. The Morgan fingerprint density at radius 1 is 1.06 bits per heavy atom. The summed E-state index contributed by atoms with van der Waals surface area (Å²) in [7, 11) is 2.31. The summed E-state index contributed by atoms with van der Waals surface area (Å²) < 4.78 is 0. The average molecular weight is 290 g/mol. The largest absolute Gasteiger partial charge is 0.302 e. The third-order valence-electron chi connectivity index (χ3n) is 3.83. The van der Waals surface area contributed by atoms with E-state index in [2.05, 4.69) is 34.8 Å². The van der Waals surface area contributed by atoms with E-state index in [1.54, 1.807) is 0 Å². The summed E-state index contributed by atoms with van der Waals surface area (Å²) >= 11 is 3.85. The van der Waals surface area contributed by atoms with Gasteiger partial charge < -0.3 is 4.90 Å². The molecule has 0 radical (unpaired) electrons. The molecule has 0 heterocycles. The van der Waals surface area contributed by atoms with Gasteiger partial charge in [-0.1, -0.05) is 61.4 Å². The van der Waals surface area contributed by atoms with Crippen LogP contribution in [0.2, 0.25) is 0 Å². The average Bonchev–Trinajstić information content (AvgIpc) is 2.29. The molecule has 0 N–H and O–H groups in total. The minimum atomic E-state index is 0.738. The number of alkyl halides is 1. The van der Waals surface area contributed by atoms with Crippen molar-refractivity contribution in [1.82, 2.24) is 4.90 Å². The highest BCUT2D eigenvalue weighted by atomic mass is 79.9. The third kappa shape index (κ3) is 5.18. The van der Waals surface area contributed by atoms with Crippen molar-refractivity contribution in [2.24, 2.45) is 0 Å². The minimum Gasteiger partial charge on any atom is -0.302 e. The molecule has 2 unspecified atom stereocenters. The van der Waals surface area contributed by atoms with Crippen molar-refractivity contribution in [1.29, 1.82) is 0 Å². The van der Waals surface area contributed by atoms with E-state index in [4.69, 9.17) is 0 Å². The van der Waals surface area contributed by atoms with Crippen LogP contribution in [0, 0.1) is 0 Å². The molecule has 2 atom stereocenters. The molecule has 1 nitrogen and oxygen atoms in total. The van der Waals surface area contributed by atoms with Crippen LogP contribution in [0.25, 0.3) is 0 Å². The van der Waals surface area contributed by atoms with E-state index >= 15 is 0 Å². The molecule has 0 amide bonds. The van der Waals surface area contributed by atoms with Crippen LogP contribution >= 0.6 is 15.9 Å². The Morgan fingerprint density at radius 3 is 2.44 bits per heavy atom. The zero-order chi connectivity index (χ0) is 11.8. The van der Waals surface area contributed by atoms with E-state index in [0.717, 1.165) is 10.9 Å². The lowest BCUT2D eigenvalue weighted by Gasteiger charge is -2.35. The zero-order valence-corrected chi connectivity index (χ0v) is 12.6. The van der Waals surface area contributed by atoms with Crippen molar-refractivity contribution in [3.05, 3.63) is 0 Å². The monoisotopic (exact) mass is 289 g/mol. The summed E-state index contributed by atoms with van der Waals surface area (Å²) in [5.41, 5.74) is 0. The van der Waals surface area contributed by atoms with Gasteiger partial charge in [-0.15, -0.1) is 0 Å². The number of rotatable bonds is 7. The van der Waals surface area contributed by atoms with E-state index in [1.807, 2.05) is 0 Å². The summed E-state index contributed by atoms with van der Waals surface area (Å²) in [5.74, 6) is 0. The van der Waals surface area contributed by atoms with E-state index in [9.17, 15) is 0 Å². The maximum Gasteiger partial charge on any atom is 0.0301 e. The second-order valence-corrected chi connectivity index (χ2v) is 6.44. The van der Waals surface area contributed by atoms with Gasteiger partial charge in [-0.05, 0) is 32.9 Å². The van der Waals surface area contributed by atoms with Crippen LogP contribution in [-0.4, -0.2) is 29.4 Å². The van der Waals surface area contributed by atoms with Crippen LogP contribution in [0.3, 0.4) is 0 Å². The first-order chi connectivity index (χ1) is 7.75. The van der Waals surface area contributed by atoms with Gasteiger partial charge in [0.05, 0.1) is 0 Å². The second-order valence-electron chi connectivity index (χ2n) is 5.26. The molecule has 1 aliphatic rings. The summed E-state index contributed by atoms with van der Waals surface area (Å²) in [6.07, 6.45) is 12.6. The predicted octanol–water partition coefficient (Wildman–Crippen LogP) is 4.59. The molecule has 0 bridgehead atoms. The third-order valence-corrected chi connectivity index (χ3v) is 4.90. The fraction of sp³-hybridized carbons (Fsp3) is 1.00. The highest BCUT2D eigenvalue weighted by Gasteiger charge is 2.25. The highest BCUT2D eigenvalue weighted by molar-refractivity contribution is 9.09. The fourth-order valence-corrected chi connectivity index (χ4v) is 3.68. The molecular weight excluding hydrogens is 262 g/mol. The zero-order valence-electron chi connectivity index (χ0n) is 11.1. The first-order valence-corrected chi connectivity index (χ1v) is 8.01. The molecule has 1 fully saturated rings. The van der Waals surface area contributed by atoms with Crippen LogP contribution in [0.15, 0.2) is 0 Å². The van der Waals surface area contributed by atoms with Crippen molar-refractivity contribution in [2.45, 2.75) is 75.6 Å². The Hall–Kier alpha value is 0.440. The summed E-state index contributed by atoms with van der Waals surface area (Å²) in [6.45, 7) is 3.57. The molecule has 0 aromatic rings. The van der Waals surface area contributed by atoms with Crippen LogP contribution in [0.4, 0.5) is 0 Å². The fourth-order valence-electron chi connectivity index (χ4n) is 2.69. The first-order valence-electron chi connectivity index (χ1n) is 7.10. The topological polar surface area (TPSA) is 3.24 Å². The summed E-state index contributed by atoms with van der Waals surface area (Å²) in [5, 5.41) is 0. The van der Waals surface area contributed by atoms with Gasteiger partial charge >= 0.3 is 0 Å². The number of hydrogen-bond acceptors (Lipinski definition) is 1. The summed E-state index contributed by atoms with van der Waals surface area (Å²) in [6, 6.07) is 0.792. The van der Waals surface area contributed by atoms with Crippen LogP contribution < -0.4 is 0 Å². The molecule has 0 aromatic carbocycles. The Morgan fingerprint density at radius 2 is 1.75 bits per heavy atom. The van der Waals surface area contributed by atoms with E-state index in [0.29, 0.717) is 0 Å². The Bertz CT molecular complexity index is 172. The van der Waals surface area contributed by atoms with Crippen LogP contribution in [0.5, 0.6) is 0 Å². The van der Waals surface area contributed by atoms with Gasteiger partial charge in [0, 0.05) is 10.9 Å². The van der Waals surface area contributed by atoms with Crippen LogP contribution in [-0.2, 0) is 0 Å². The molecule has 0 aliphatic heterocycles. The van der Waals surface area contributed by atoms with E-state index in [1.165, 1.54) is 64.3 Å². The lowest BCUT2D eigenvalue weighted by atomic mass is 9.94. The molecule has 0 spiro atoms. The Balaban J connectivity index is 2.10. The van der Waals surface area contributed by atoms with Crippen LogP contribution in [0.1, 0.15) is 64.7 Å². The molecule has 1 aliphatic carbocycles. The van der Waals surface area contributed by atoms with Crippen molar-refractivity contribution in [2.75, 3.05) is 13.6 Å². The Labute approximate surface area is 110 Å². The normalized spacial score (nSPS) is 26.2. The molecule has 1 saturated carbocycles. The van der Waals surface area contributed by atoms with E-state index in [-0.39, 0.29) is 0 Å². The number of nitrogens with zero attached hydrogens (tertiary/aromatic N) is 1. The quantitative estimate of drug-likeness (QED) is 0.489. The van der Waals surface area contributed by atoms with E-state index < -0.39 is 0 Å². The van der Waals surface area contributed by atoms with Gasteiger partial charge in [0.1, 0.15) is 0 Å².